The van der Waals surface area contributed by atoms with Gasteiger partial charge in [0.25, 0.3) is 0 Å². The minimum Gasteiger partial charge on any atom is -0.481 e. The average molecular weight is 288 g/mol. The van der Waals surface area contributed by atoms with E-state index in [2.05, 4.69) is 0 Å². The van der Waals surface area contributed by atoms with Crippen LogP contribution < -0.4 is 5.73 Å². The number of carbonyl (C=O) groups is 3. The number of amides is 1. The van der Waals surface area contributed by atoms with E-state index in [1.165, 1.54) is 4.90 Å². The first-order chi connectivity index (χ1) is 9.27. The number of carboxylic acid groups (broad SMARTS) is 1. The van der Waals surface area contributed by atoms with E-state index in [0.29, 0.717) is 6.54 Å². The van der Waals surface area contributed by atoms with Crippen LogP contribution in [0.5, 0.6) is 0 Å². The second kappa shape index (κ2) is 9.30. The van der Waals surface area contributed by atoms with Crippen LogP contribution in [0.3, 0.4) is 0 Å². The summed E-state index contributed by atoms with van der Waals surface area (Å²) in [7, 11) is 0. The molecule has 0 radical (unpaired) electrons. The second-order valence-corrected chi connectivity index (χ2v) is 4.96. The summed E-state index contributed by atoms with van der Waals surface area (Å²) in [5, 5.41) is 8.59. The van der Waals surface area contributed by atoms with Crippen LogP contribution in [0.25, 0.3) is 0 Å². The maximum Gasteiger partial charge on any atom is 0.325 e. The Bertz CT molecular complexity index is 344. The lowest BCUT2D eigenvalue weighted by atomic mass is 10.1. The number of aliphatic carboxylic acids is 1. The summed E-state index contributed by atoms with van der Waals surface area (Å²) in [4.78, 5) is 35.4. The monoisotopic (exact) mass is 288 g/mol. The first kappa shape index (κ1) is 18.4. The Kier molecular flexibility index (Phi) is 8.54. The maximum absolute atomic E-state index is 12.1. The molecule has 0 heterocycles. The fourth-order valence-corrected chi connectivity index (χ4v) is 1.67. The zero-order chi connectivity index (χ0) is 15.7. The summed E-state index contributed by atoms with van der Waals surface area (Å²) < 4.78 is 4.81. The van der Waals surface area contributed by atoms with Gasteiger partial charge in [0, 0.05) is 13.0 Å². The minimum absolute atomic E-state index is 0.0472. The van der Waals surface area contributed by atoms with E-state index in [1.807, 2.05) is 13.8 Å². The molecule has 3 N–H and O–H groups in total. The number of hydrogen-bond acceptors (Lipinski definition) is 5. The highest BCUT2D eigenvalue weighted by molar-refractivity contribution is 5.86. The third-order valence-electron chi connectivity index (χ3n) is 2.51. The molecule has 0 saturated carbocycles. The molecule has 0 saturated heterocycles. The maximum atomic E-state index is 12.1. The minimum atomic E-state index is -1.01. The molecule has 0 rings (SSSR count). The molecule has 0 spiro atoms. The predicted molar refractivity (Wildman–Crippen MR) is 72.9 cm³/mol. The number of nitrogens with two attached hydrogens (primary N) is 1. The Balaban J connectivity index is 4.61. The van der Waals surface area contributed by atoms with Crippen LogP contribution in [0.4, 0.5) is 0 Å². The summed E-state index contributed by atoms with van der Waals surface area (Å²) in [6.45, 7) is 5.96. The first-order valence-corrected chi connectivity index (χ1v) is 6.69. The van der Waals surface area contributed by atoms with Gasteiger partial charge < -0.3 is 20.5 Å². The van der Waals surface area contributed by atoms with E-state index in [4.69, 9.17) is 15.6 Å². The van der Waals surface area contributed by atoms with Crippen LogP contribution in [0, 0.1) is 5.92 Å². The van der Waals surface area contributed by atoms with Crippen LogP contribution in [0.2, 0.25) is 0 Å². The molecule has 7 heteroatoms. The molecular weight excluding hydrogens is 264 g/mol. The van der Waals surface area contributed by atoms with Gasteiger partial charge in [-0.05, 0) is 19.3 Å². The Labute approximate surface area is 119 Å². The third-order valence-corrected chi connectivity index (χ3v) is 2.51. The molecule has 0 aromatic carbocycles. The van der Waals surface area contributed by atoms with E-state index in [9.17, 15) is 14.4 Å². The SMILES string of the molecule is CCOC(=O)CN(CC(C)C)C(=O)C(N)CCC(=O)O. The van der Waals surface area contributed by atoms with Crippen molar-refractivity contribution in [1.29, 1.82) is 0 Å². The molecule has 116 valence electrons. The number of carbonyl (C=O) groups excluding carboxylic acids is 2. The second-order valence-electron chi connectivity index (χ2n) is 4.96. The lowest BCUT2D eigenvalue weighted by Crippen LogP contribution is -2.47. The lowest BCUT2D eigenvalue weighted by Gasteiger charge is -2.26. The highest BCUT2D eigenvalue weighted by Crippen LogP contribution is 2.05. The van der Waals surface area contributed by atoms with Crippen molar-refractivity contribution >= 4 is 17.8 Å². The van der Waals surface area contributed by atoms with Gasteiger partial charge in [0.2, 0.25) is 5.91 Å². The Morgan fingerprint density at radius 3 is 2.35 bits per heavy atom. The molecule has 0 aromatic rings. The van der Waals surface area contributed by atoms with Crippen molar-refractivity contribution in [1.82, 2.24) is 4.90 Å². The van der Waals surface area contributed by atoms with Crippen molar-refractivity contribution < 1.29 is 24.2 Å². The summed E-state index contributed by atoms with van der Waals surface area (Å²) in [6, 6.07) is -0.917. The first-order valence-electron chi connectivity index (χ1n) is 6.69. The number of nitrogens with zero attached hydrogens (tertiary/aromatic N) is 1. The van der Waals surface area contributed by atoms with Crippen LogP contribution >= 0.6 is 0 Å². The van der Waals surface area contributed by atoms with Gasteiger partial charge in [-0.1, -0.05) is 13.8 Å². The molecule has 0 aliphatic carbocycles. The molecule has 1 amide bonds. The standard InChI is InChI=1S/C13H24N2O5/c1-4-20-12(18)8-15(7-9(2)3)13(19)10(14)5-6-11(16)17/h9-10H,4-8,14H2,1-3H3,(H,16,17). The van der Waals surface area contributed by atoms with Crippen LogP contribution in [-0.4, -0.2) is 53.6 Å². The largest absolute Gasteiger partial charge is 0.481 e. The summed E-state index contributed by atoms with van der Waals surface area (Å²) in [5.74, 6) is -1.76. The van der Waals surface area contributed by atoms with Crippen molar-refractivity contribution in [3.8, 4) is 0 Å². The number of hydrogen-bond donors (Lipinski definition) is 2. The Morgan fingerprint density at radius 1 is 1.30 bits per heavy atom. The highest BCUT2D eigenvalue weighted by Gasteiger charge is 2.24. The molecule has 0 aliphatic rings. The fraction of sp³-hybridized carbons (Fsp3) is 0.769. The van der Waals surface area contributed by atoms with E-state index in [-0.39, 0.29) is 31.9 Å². The van der Waals surface area contributed by atoms with E-state index < -0.39 is 23.9 Å². The molecule has 20 heavy (non-hydrogen) atoms. The Hall–Kier alpha value is -1.63. The topological polar surface area (TPSA) is 110 Å². The van der Waals surface area contributed by atoms with Crippen molar-refractivity contribution in [3.05, 3.63) is 0 Å². The quantitative estimate of drug-likeness (QED) is 0.587. The summed E-state index contributed by atoms with van der Waals surface area (Å²) in [6.07, 6.45) is -0.132. The third kappa shape index (κ3) is 7.73. The normalized spacial score (nSPS) is 12.1. The van der Waals surface area contributed by atoms with Gasteiger partial charge in [0.05, 0.1) is 12.6 Å². The number of ether oxygens (including phenoxy) is 1. The van der Waals surface area contributed by atoms with Crippen LogP contribution in [0.1, 0.15) is 33.6 Å². The molecule has 0 bridgehead atoms. The van der Waals surface area contributed by atoms with E-state index in [1.54, 1.807) is 6.92 Å². The predicted octanol–water partition coefficient (Wildman–Crippen LogP) is 0.226. The van der Waals surface area contributed by atoms with E-state index >= 15 is 0 Å². The summed E-state index contributed by atoms with van der Waals surface area (Å²) in [5.41, 5.74) is 5.69. The van der Waals surface area contributed by atoms with Crippen molar-refractivity contribution in [3.63, 3.8) is 0 Å². The van der Waals surface area contributed by atoms with Crippen LogP contribution in [-0.2, 0) is 19.1 Å². The van der Waals surface area contributed by atoms with Gasteiger partial charge in [-0.2, -0.15) is 0 Å². The lowest BCUT2D eigenvalue weighted by molar-refractivity contribution is -0.150. The van der Waals surface area contributed by atoms with Gasteiger partial charge in [-0.15, -0.1) is 0 Å². The average Bonchev–Trinajstić information content (AvgIpc) is 2.33. The molecule has 7 nitrogen and oxygen atoms in total. The highest BCUT2D eigenvalue weighted by atomic mass is 16.5. The van der Waals surface area contributed by atoms with Crippen molar-refractivity contribution in [2.75, 3.05) is 19.7 Å². The summed E-state index contributed by atoms with van der Waals surface area (Å²) >= 11 is 0. The van der Waals surface area contributed by atoms with Crippen LogP contribution in [0.15, 0.2) is 0 Å². The molecule has 0 aromatic heterocycles. The van der Waals surface area contributed by atoms with Gasteiger partial charge in [0.1, 0.15) is 6.54 Å². The van der Waals surface area contributed by atoms with Crippen molar-refractivity contribution in [2.24, 2.45) is 11.7 Å². The van der Waals surface area contributed by atoms with Gasteiger partial charge >= 0.3 is 11.9 Å². The molecule has 0 fully saturated rings. The Morgan fingerprint density at radius 2 is 1.90 bits per heavy atom. The molecular formula is C13H24N2O5. The van der Waals surface area contributed by atoms with E-state index in [0.717, 1.165) is 0 Å². The van der Waals surface area contributed by atoms with Gasteiger partial charge in [-0.3, -0.25) is 14.4 Å². The molecule has 1 unspecified atom stereocenters. The fourth-order valence-electron chi connectivity index (χ4n) is 1.67. The zero-order valence-corrected chi connectivity index (χ0v) is 12.3. The van der Waals surface area contributed by atoms with Gasteiger partial charge in [-0.25, -0.2) is 0 Å². The number of esters is 1. The zero-order valence-electron chi connectivity index (χ0n) is 12.3. The van der Waals surface area contributed by atoms with Gasteiger partial charge in [0.15, 0.2) is 0 Å². The molecule has 0 aliphatic heterocycles. The number of carboxylic acids is 1. The van der Waals surface area contributed by atoms with Crippen molar-refractivity contribution in [2.45, 2.75) is 39.7 Å². The smallest absolute Gasteiger partial charge is 0.325 e. The number of rotatable bonds is 9. The molecule has 1 atom stereocenters.